The Morgan fingerprint density at radius 1 is 1.39 bits per heavy atom. The Bertz CT molecular complexity index is 670. The summed E-state index contributed by atoms with van der Waals surface area (Å²) in [5.41, 5.74) is 0.790. The third kappa shape index (κ3) is 2.01. The molecule has 0 bridgehead atoms. The Balaban J connectivity index is 2.67. The number of nitriles is 1. The molecule has 0 atom stereocenters. The van der Waals surface area contributed by atoms with Crippen LogP contribution in [0.4, 0.5) is 4.39 Å². The Hall–Kier alpha value is -2.12. The van der Waals surface area contributed by atoms with E-state index in [9.17, 15) is 9.18 Å². The number of hydrogen-bond acceptors (Lipinski definition) is 2. The second kappa shape index (κ2) is 4.63. The second-order valence-electron chi connectivity index (χ2n) is 3.73. The molecule has 0 unspecified atom stereocenters. The summed E-state index contributed by atoms with van der Waals surface area (Å²) in [4.78, 5) is 11.2. The van der Waals surface area contributed by atoms with Gasteiger partial charge in [-0.05, 0) is 6.07 Å². The Morgan fingerprint density at radius 3 is 2.72 bits per heavy atom. The Labute approximate surface area is 108 Å². The molecule has 18 heavy (non-hydrogen) atoms. The number of rotatable bonds is 1. The van der Waals surface area contributed by atoms with Gasteiger partial charge in [0.15, 0.2) is 0 Å². The lowest BCUT2D eigenvalue weighted by Gasteiger charge is -2.02. The van der Waals surface area contributed by atoms with Crippen molar-refractivity contribution in [2.45, 2.75) is 6.92 Å². The molecular weight excluding hydrogens is 255 g/mol. The molecule has 0 N–H and O–H groups in total. The fourth-order valence-corrected chi connectivity index (χ4v) is 1.83. The van der Waals surface area contributed by atoms with Crippen LogP contribution < -0.4 is 0 Å². The summed E-state index contributed by atoms with van der Waals surface area (Å²) in [6.07, 6.45) is 2.80. The average Bonchev–Trinajstić information content (AvgIpc) is 2.76. The zero-order valence-electron chi connectivity index (χ0n) is 9.45. The topological polar surface area (TPSA) is 45.8 Å². The smallest absolute Gasteiger partial charge is 0.227 e. The standard InChI is InChI=1S/C13H8ClFN2O/c1-8(18)17-6-9(5-16)11(7-17)10-3-2-4-12(14)13(10)15/h2-4,6-7H,1H3. The highest BCUT2D eigenvalue weighted by Gasteiger charge is 2.15. The van der Waals surface area contributed by atoms with Crippen LogP contribution in [0.3, 0.4) is 0 Å². The summed E-state index contributed by atoms with van der Waals surface area (Å²) in [6, 6.07) is 6.46. The maximum Gasteiger partial charge on any atom is 0.227 e. The van der Waals surface area contributed by atoms with E-state index in [1.54, 1.807) is 6.07 Å². The largest absolute Gasteiger partial charge is 0.293 e. The number of hydrogen-bond donors (Lipinski definition) is 0. The summed E-state index contributed by atoms with van der Waals surface area (Å²) in [6.45, 7) is 1.36. The molecule has 5 heteroatoms. The minimum atomic E-state index is -0.600. The van der Waals surface area contributed by atoms with Crippen LogP contribution in [0.15, 0.2) is 30.6 Å². The Morgan fingerprint density at radius 2 is 2.11 bits per heavy atom. The lowest BCUT2D eigenvalue weighted by Crippen LogP contribution is -2.01. The number of carbonyl (C=O) groups is 1. The van der Waals surface area contributed by atoms with Gasteiger partial charge >= 0.3 is 0 Å². The molecule has 0 aliphatic rings. The second-order valence-corrected chi connectivity index (χ2v) is 4.13. The predicted octanol–water partition coefficient (Wildman–Crippen LogP) is 3.48. The van der Waals surface area contributed by atoms with Gasteiger partial charge in [0, 0.05) is 30.4 Å². The van der Waals surface area contributed by atoms with E-state index in [0.29, 0.717) is 5.56 Å². The zero-order chi connectivity index (χ0) is 13.3. The first-order valence-electron chi connectivity index (χ1n) is 5.12. The molecule has 0 saturated heterocycles. The summed E-state index contributed by atoms with van der Waals surface area (Å²) in [5, 5.41) is 8.98. The molecule has 90 valence electrons. The van der Waals surface area contributed by atoms with Crippen LogP contribution in [0.1, 0.15) is 17.3 Å². The van der Waals surface area contributed by atoms with Crippen molar-refractivity contribution < 1.29 is 9.18 Å². The number of halogens is 2. The molecule has 0 radical (unpaired) electrons. The van der Waals surface area contributed by atoms with Gasteiger partial charge in [0.05, 0.1) is 10.6 Å². The summed E-state index contributed by atoms with van der Waals surface area (Å²) < 4.78 is 15.1. The van der Waals surface area contributed by atoms with Gasteiger partial charge in [-0.1, -0.05) is 23.7 Å². The van der Waals surface area contributed by atoms with Crippen molar-refractivity contribution in [2.75, 3.05) is 0 Å². The van der Waals surface area contributed by atoms with Crippen LogP contribution in [-0.4, -0.2) is 10.5 Å². The maximum atomic E-state index is 13.9. The molecule has 0 saturated carbocycles. The normalized spacial score (nSPS) is 10.1. The molecule has 0 aliphatic carbocycles. The summed E-state index contributed by atoms with van der Waals surface area (Å²) in [7, 11) is 0. The van der Waals surface area contributed by atoms with Crippen LogP contribution in [0.25, 0.3) is 11.1 Å². The van der Waals surface area contributed by atoms with Gasteiger partial charge in [-0.15, -0.1) is 0 Å². The quantitative estimate of drug-likeness (QED) is 0.790. The third-order valence-corrected chi connectivity index (χ3v) is 2.84. The van der Waals surface area contributed by atoms with Crippen LogP contribution in [0.5, 0.6) is 0 Å². The minimum absolute atomic E-state index is 0.0213. The van der Waals surface area contributed by atoms with Gasteiger partial charge in [-0.2, -0.15) is 5.26 Å². The van der Waals surface area contributed by atoms with E-state index in [0.717, 1.165) is 0 Å². The van der Waals surface area contributed by atoms with E-state index in [1.165, 1.54) is 36.0 Å². The van der Waals surface area contributed by atoms with Crippen molar-refractivity contribution in [3.8, 4) is 17.2 Å². The first-order valence-corrected chi connectivity index (χ1v) is 5.50. The fourth-order valence-electron chi connectivity index (χ4n) is 1.65. The number of benzene rings is 1. The SMILES string of the molecule is CC(=O)n1cc(C#N)c(-c2cccc(Cl)c2F)c1. The molecule has 0 amide bonds. The molecule has 0 fully saturated rings. The monoisotopic (exact) mass is 262 g/mol. The lowest BCUT2D eigenvalue weighted by molar-refractivity contribution is 0.0937. The van der Waals surface area contributed by atoms with Crippen LogP contribution in [0, 0.1) is 17.1 Å². The van der Waals surface area contributed by atoms with Crippen LogP contribution >= 0.6 is 11.6 Å². The molecule has 0 spiro atoms. The van der Waals surface area contributed by atoms with E-state index < -0.39 is 5.82 Å². The lowest BCUT2D eigenvalue weighted by atomic mass is 10.1. The molecule has 1 aromatic carbocycles. The summed E-state index contributed by atoms with van der Waals surface area (Å²) in [5.74, 6) is -0.850. The van der Waals surface area contributed by atoms with Gasteiger partial charge in [0.1, 0.15) is 11.9 Å². The number of carbonyl (C=O) groups excluding carboxylic acids is 1. The molecule has 2 rings (SSSR count). The van der Waals surface area contributed by atoms with E-state index in [-0.39, 0.29) is 22.1 Å². The highest BCUT2D eigenvalue weighted by atomic mass is 35.5. The average molecular weight is 263 g/mol. The first-order chi connectivity index (χ1) is 8.54. The molecule has 0 aliphatic heterocycles. The highest BCUT2D eigenvalue weighted by molar-refractivity contribution is 6.31. The van der Waals surface area contributed by atoms with Gasteiger partial charge in [-0.3, -0.25) is 9.36 Å². The molecule has 1 aromatic heterocycles. The van der Waals surface area contributed by atoms with Crippen LogP contribution in [-0.2, 0) is 0 Å². The van der Waals surface area contributed by atoms with Crippen molar-refractivity contribution in [3.05, 3.63) is 47.0 Å². The first kappa shape index (κ1) is 12.3. The Kier molecular flexibility index (Phi) is 3.17. The van der Waals surface area contributed by atoms with E-state index >= 15 is 0 Å². The van der Waals surface area contributed by atoms with Crippen molar-refractivity contribution in [2.24, 2.45) is 0 Å². The van der Waals surface area contributed by atoms with Crippen molar-refractivity contribution >= 4 is 17.5 Å². The van der Waals surface area contributed by atoms with Crippen molar-refractivity contribution in [3.63, 3.8) is 0 Å². The van der Waals surface area contributed by atoms with E-state index in [1.807, 2.05) is 6.07 Å². The maximum absolute atomic E-state index is 13.9. The number of aromatic nitrogens is 1. The predicted molar refractivity (Wildman–Crippen MR) is 65.9 cm³/mol. The molecular formula is C13H8ClFN2O. The van der Waals surface area contributed by atoms with Gasteiger partial charge < -0.3 is 0 Å². The third-order valence-electron chi connectivity index (χ3n) is 2.55. The van der Waals surface area contributed by atoms with Crippen LogP contribution in [0.2, 0.25) is 5.02 Å². The fraction of sp³-hybridized carbons (Fsp3) is 0.0769. The van der Waals surface area contributed by atoms with Gasteiger partial charge in [0.25, 0.3) is 0 Å². The number of nitrogens with zero attached hydrogens (tertiary/aromatic N) is 2. The van der Waals surface area contributed by atoms with Crippen molar-refractivity contribution in [1.29, 1.82) is 5.26 Å². The van der Waals surface area contributed by atoms with Gasteiger partial charge in [-0.25, -0.2) is 4.39 Å². The summed E-state index contributed by atoms with van der Waals surface area (Å²) >= 11 is 5.70. The zero-order valence-corrected chi connectivity index (χ0v) is 10.2. The van der Waals surface area contributed by atoms with E-state index in [2.05, 4.69) is 0 Å². The molecule has 1 heterocycles. The minimum Gasteiger partial charge on any atom is -0.293 e. The molecule has 3 nitrogen and oxygen atoms in total. The van der Waals surface area contributed by atoms with Crippen molar-refractivity contribution in [1.82, 2.24) is 4.57 Å². The van der Waals surface area contributed by atoms with Gasteiger partial charge in [0.2, 0.25) is 5.91 Å². The highest BCUT2D eigenvalue weighted by Crippen LogP contribution is 2.30. The molecule has 2 aromatic rings. The van der Waals surface area contributed by atoms with E-state index in [4.69, 9.17) is 16.9 Å².